The molecular weight excluding hydrogens is 259 g/mol. The fourth-order valence-electron chi connectivity index (χ4n) is 1.98. The van der Waals surface area contributed by atoms with E-state index in [-0.39, 0.29) is 5.56 Å². The quantitative estimate of drug-likeness (QED) is 0.626. The highest BCUT2D eigenvalue weighted by atomic mass is 19.1. The van der Waals surface area contributed by atoms with Gasteiger partial charge in [-0.1, -0.05) is 6.07 Å². The van der Waals surface area contributed by atoms with Crippen LogP contribution in [0.4, 0.5) is 15.8 Å². The minimum Gasteiger partial charge on any atom is -0.399 e. The van der Waals surface area contributed by atoms with Gasteiger partial charge in [-0.05, 0) is 30.3 Å². The van der Waals surface area contributed by atoms with Crippen LogP contribution in [0.15, 0.2) is 42.6 Å². The molecule has 0 fully saturated rings. The highest BCUT2D eigenvalue weighted by Gasteiger charge is 2.13. The standard InChI is InChI=1S/C14H11FN4O/c15-11-5-4-8(16)6-9(11)14(20)18-12-2-1-3-13-10(12)7-17-19-13/h1-7H,16H2,(H,17,19)(H,18,20). The second-order valence-corrected chi connectivity index (χ2v) is 4.33. The zero-order chi connectivity index (χ0) is 14.1. The Hall–Kier alpha value is -2.89. The molecule has 0 aliphatic rings. The molecule has 5 nitrogen and oxygen atoms in total. The maximum atomic E-state index is 13.6. The molecule has 20 heavy (non-hydrogen) atoms. The Morgan fingerprint density at radius 3 is 3.00 bits per heavy atom. The summed E-state index contributed by atoms with van der Waals surface area (Å²) in [7, 11) is 0. The molecule has 0 aliphatic carbocycles. The van der Waals surface area contributed by atoms with Gasteiger partial charge < -0.3 is 11.1 Å². The lowest BCUT2D eigenvalue weighted by Crippen LogP contribution is -2.14. The zero-order valence-electron chi connectivity index (χ0n) is 10.4. The first kappa shape index (κ1) is 12.2. The molecule has 2 aromatic carbocycles. The van der Waals surface area contributed by atoms with Crippen molar-refractivity contribution in [2.45, 2.75) is 0 Å². The summed E-state index contributed by atoms with van der Waals surface area (Å²) < 4.78 is 13.6. The molecule has 0 saturated heterocycles. The average molecular weight is 270 g/mol. The second-order valence-electron chi connectivity index (χ2n) is 4.33. The maximum Gasteiger partial charge on any atom is 0.258 e. The molecule has 0 radical (unpaired) electrons. The van der Waals surface area contributed by atoms with Crippen molar-refractivity contribution in [2.24, 2.45) is 0 Å². The van der Waals surface area contributed by atoms with Crippen LogP contribution in [0.3, 0.4) is 0 Å². The predicted octanol–water partition coefficient (Wildman–Crippen LogP) is 2.54. The number of carbonyl (C=O) groups is 1. The number of anilines is 2. The summed E-state index contributed by atoms with van der Waals surface area (Å²) in [6.07, 6.45) is 1.60. The summed E-state index contributed by atoms with van der Waals surface area (Å²) in [5.74, 6) is -1.17. The molecule has 0 aliphatic heterocycles. The largest absolute Gasteiger partial charge is 0.399 e. The summed E-state index contributed by atoms with van der Waals surface area (Å²) in [4.78, 5) is 12.1. The number of aromatic amines is 1. The molecular formula is C14H11FN4O. The molecule has 100 valence electrons. The average Bonchev–Trinajstić information content (AvgIpc) is 2.91. The molecule has 4 N–H and O–H groups in total. The molecule has 0 unspecified atom stereocenters. The summed E-state index contributed by atoms with van der Waals surface area (Å²) in [5, 5.41) is 10.1. The molecule has 1 aromatic heterocycles. The Morgan fingerprint density at radius 1 is 1.30 bits per heavy atom. The first-order valence-corrected chi connectivity index (χ1v) is 5.93. The van der Waals surface area contributed by atoms with Crippen LogP contribution in [0.1, 0.15) is 10.4 Å². The number of benzene rings is 2. The van der Waals surface area contributed by atoms with Crippen molar-refractivity contribution in [1.29, 1.82) is 0 Å². The van der Waals surface area contributed by atoms with Gasteiger partial charge in [0.25, 0.3) is 5.91 Å². The third-order valence-corrected chi connectivity index (χ3v) is 2.97. The molecule has 3 rings (SSSR count). The molecule has 1 heterocycles. The first-order valence-electron chi connectivity index (χ1n) is 5.93. The number of carbonyl (C=O) groups excluding carboxylic acids is 1. The van der Waals surface area contributed by atoms with Crippen LogP contribution in [0.25, 0.3) is 10.9 Å². The van der Waals surface area contributed by atoms with Gasteiger partial charge in [0.05, 0.1) is 23.0 Å². The van der Waals surface area contributed by atoms with Gasteiger partial charge in [-0.3, -0.25) is 9.89 Å². The van der Waals surface area contributed by atoms with Gasteiger partial charge in [-0.2, -0.15) is 5.10 Å². The van der Waals surface area contributed by atoms with Gasteiger partial charge >= 0.3 is 0 Å². The van der Waals surface area contributed by atoms with Crippen LogP contribution >= 0.6 is 0 Å². The summed E-state index contributed by atoms with van der Waals surface area (Å²) in [5.41, 5.74) is 7.16. The fraction of sp³-hybridized carbons (Fsp3) is 0. The fourth-order valence-corrected chi connectivity index (χ4v) is 1.98. The van der Waals surface area contributed by atoms with Gasteiger partial charge in [0.2, 0.25) is 0 Å². The Balaban J connectivity index is 1.96. The number of nitrogens with zero attached hydrogens (tertiary/aromatic N) is 1. The summed E-state index contributed by atoms with van der Waals surface area (Å²) >= 11 is 0. The van der Waals surface area contributed by atoms with Gasteiger partial charge in [0, 0.05) is 11.1 Å². The van der Waals surface area contributed by atoms with Crippen LogP contribution in [0.2, 0.25) is 0 Å². The Morgan fingerprint density at radius 2 is 2.15 bits per heavy atom. The van der Waals surface area contributed by atoms with Crippen molar-refractivity contribution >= 4 is 28.2 Å². The number of rotatable bonds is 2. The smallest absolute Gasteiger partial charge is 0.258 e. The van der Waals surface area contributed by atoms with E-state index in [9.17, 15) is 9.18 Å². The van der Waals surface area contributed by atoms with E-state index in [1.807, 2.05) is 6.07 Å². The minimum absolute atomic E-state index is 0.0921. The second kappa shape index (κ2) is 4.65. The van der Waals surface area contributed by atoms with Crippen LogP contribution < -0.4 is 11.1 Å². The minimum atomic E-state index is -0.615. The number of hydrogen-bond donors (Lipinski definition) is 3. The monoisotopic (exact) mass is 270 g/mol. The van der Waals surface area contributed by atoms with Gasteiger partial charge in [0.15, 0.2) is 0 Å². The lowest BCUT2D eigenvalue weighted by atomic mass is 10.1. The van der Waals surface area contributed by atoms with Gasteiger partial charge in [-0.25, -0.2) is 4.39 Å². The normalized spacial score (nSPS) is 10.7. The first-order chi connectivity index (χ1) is 9.65. The molecule has 3 aromatic rings. The summed E-state index contributed by atoms with van der Waals surface area (Å²) in [6, 6.07) is 9.20. The van der Waals surface area contributed by atoms with Crippen LogP contribution in [0, 0.1) is 5.82 Å². The number of amides is 1. The highest BCUT2D eigenvalue weighted by molar-refractivity contribution is 6.09. The SMILES string of the molecule is Nc1ccc(F)c(C(=O)Nc2cccc3[nH]ncc23)c1. The number of nitrogen functional groups attached to an aromatic ring is 1. The lowest BCUT2D eigenvalue weighted by Gasteiger charge is -2.07. The number of fused-ring (bicyclic) bond motifs is 1. The maximum absolute atomic E-state index is 13.6. The lowest BCUT2D eigenvalue weighted by molar-refractivity contribution is 0.102. The number of hydrogen-bond acceptors (Lipinski definition) is 3. The number of aromatic nitrogens is 2. The van der Waals surface area contributed by atoms with E-state index in [4.69, 9.17) is 5.73 Å². The van der Waals surface area contributed by atoms with E-state index < -0.39 is 11.7 Å². The van der Waals surface area contributed by atoms with E-state index in [1.165, 1.54) is 18.2 Å². The molecule has 0 spiro atoms. The van der Waals surface area contributed by atoms with E-state index >= 15 is 0 Å². The Labute approximate surface area is 113 Å². The summed E-state index contributed by atoms with van der Waals surface area (Å²) in [6.45, 7) is 0. The van der Waals surface area contributed by atoms with Gasteiger partial charge in [-0.15, -0.1) is 0 Å². The molecule has 0 bridgehead atoms. The van der Waals surface area contributed by atoms with Crippen LogP contribution in [-0.2, 0) is 0 Å². The van der Waals surface area contributed by atoms with E-state index in [2.05, 4.69) is 15.5 Å². The van der Waals surface area contributed by atoms with Crippen molar-refractivity contribution in [1.82, 2.24) is 10.2 Å². The number of H-pyrrole nitrogens is 1. The Kier molecular flexibility index (Phi) is 2.83. The van der Waals surface area contributed by atoms with E-state index in [1.54, 1.807) is 18.3 Å². The molecule has 0 atom stereocenters. The van der Waals surface area contributed by atoms with Crippen LogP contribution in [-0.4, -0.2) is 16.1 Å². The van der Waals surface area contributed by atoms with Crippen molar-refractivity contribution < 1.29 is 9.18 Å². The van der Waals surface area contributed by atoms with E-state index in [0.717, 1.165) is 10.9 Å². The number of halogens is 1. The van der Waals surface area contributed by atoms with Crippen molar-refractivity contribution in [2.75, 3.05) is 11.1 Å². The molecule has 6 heteroatoms. The molecule has 1 amide bonds. The Bertz CT molecular complexity index is 797. The topological polar surface area (TPSA) is 83.8 Å². The van der Waals surface area contributed by atoms with Crippen LogP contribution in [0.5, 0.6) is 0 Å². The number of nitrogens with one attached hydrogen (secondary N) is 2. The third-order valence-electron chi connectivity index (χ3n) is 2.97. The van der Waals surface area contributed by atoms with Crippen molar-refractivity contribution in [3.8, 4) is 0 Å². The van der Waals surface area contributed by atoms with Gasteiger partial charge in [0.1, 0.15) is 5.82 Å². The van der Waals surface area contributed by atoms with E-state index in [0.29, 0.717) is 11.4 Å². The molecule has 0 saturated carbocycles. The van der Waals surface area contributed by atoms with Crippen molar-refractivity contribution in [3.05, 3.63) is 54.0 Å². The zero-order valence-corrected chi connectivity index (χ0v) is 10.4. The highest BCUT2D eigenvalue weighted by Crippen LogP contribution is 2.22. The predicted molar refractivity (Wildman–Crippen MR) is 74.9 cm³/mol. The number of nitrogens with two attached hydrogens (primary N) is 1. The van der Waals surface area contributed by atoms with Crippen molar-refractivity contribution in [3.63, 3.8) is 0 Å². The third kappa shape index (κ3) is 2.07.